The minimum Gasteiger partial charge on any atom is -0.325 e. The number of carbonyl (C=O) groups is 1. The molecule has 4 nitrogen and oxygen atoms in total. The molecule has 0 saturated carbocycles. The molecule has 0 spiro atoms. The standard InChI is InChI=1S/C17H21N3O/c1-12-4-6-16(7-5-12)20-17(21)14(3)19-11-15-10-18-9-8-13(15)2/h4-10,14,19H,11H2,1-3H3,(H,20,21). The maximum absolute atomic E-state index is 12.1. The van der Waals surface area contributed by atoms with E-state index in [2.05, 4.69) is 15.6 Å². The number of rotatable bonds is 5. The number of nitrogens with zero attached hydrogens (tertiary/aromatic N) is 1. The van der Waals surface area contributed by atoms with Crippen LogP contribution in [0.25, 0.3) is 0 Å². The van der Waals surface area contributed by atoms with Gasteiger partial charge in [0.05, 0.1) is 6.04 Å². The summed E-state index contributed by atoms with van der Waals surface area (Å²) in [6.07, 6.45) is 3.60. The summed E-state index contributed by atoms with van der Waals surface area (Å²) in [5, 5.41) is 6.12. The lowest BCUT2D eigenvalue weighted by atomic mass is 10.1. The summed E-state index contributed by atoms with van der Waals surface area (Å²) in [6, 6.07) is 9.47. The Hall–Kier alpha value is -2.20. The number of aryl methyl sites for hydroxylation is 2. The van der Waals surface area contributed by atoms with E-state index in [4.69, 9.17) is 0 Å². The van der Waals surface area contributed by atoms with Crippen LogP contribution >= 0.6 is 0 Å². The van der Waals surface area contributed by atoms with Crippen LogP contribution in [0.4, 0.5) is 5.69 Å². The van der Waals surface area contributed by atoms with Crippen molar-refractivity contribution in [3.8, 4) is 0 Å². The van der Waals surface area contributed by atoms with Gasteiger partial charge in [0.15, 0.2) is 0 Å². The number of carbonyl (C=O) groups excluding carboxylic acids is 1. The smallest absolute Gasteiger partial charge is 0.241 e. The third-order valence-corrected chi connectivity index (χ3v) is 3.46. The van der Waals surface area contributed by atoms with Crippen LogP contribution in [-0.4, -0.2) is 16.9 Å². The molecular formula is C17H21N3O. The van der Waals surface area contributed by atoms with Crippen molar-refractivity contribution in [3.05, 3.63) is 59.4 Å². The fraction of sp³-hybridized carbons (Fsp3) is 0.294. The van der Waals surface area contributed by atoms with E-state index < -0.39 is 0 Å². The van der Waals surface area contributed by atoms with E-state index >= 15 is 0 Å². The van der Waals surface area contributed by atoms with Crippen LogP contribution in [0, 0.1) is 13.8 Å². The number of anilines is 1. The van der Waals surface area contributed by atoms with Gasteiger partial charge in [-0.2, -0.15) is 0 Å². The van der Waals surface area contributed by atoms with Crippen LogP contribution < -0.4 is 10.6 Å². The molecule has 1 unspecified atom stereocenters. The minimum atomic E-state index is -0.272. The van der Waals surface area contributed by atoms with Crippen LogP contribution in [0.2, 0.25) is 0 Å². The normalized spacial score (nSPS) is 12.0. The third-order valence-electron chi connectivity index (χ3n) is 3.46. The fourth-order valence-corrected chi connectivity index (χ4v) is 1.92. The Morgan fingerprint density at radius 1 is 1.19 bits per heavy atom. The number of aromatic nitrogens is 1. The van der Waals surface area contributed by atoms with E-state index in [1.54, 1.807) is 6.20 Å². The zero-order chi connectivity index (χ0) is 15.2. The molecule has 2 N–H and O–H groups in total. The lowest BCUT2D eigenvalue weighted by molar-refractivity contribution is -0.117. The Bertz CT molecular complexity index is 608. The minimum absolute atomic E-state index is 0.0413. The van der Waals surface area contributed by atoms with Gasteiger partial charge in [0, 0.05) is 24.6 Å². The van der Waals surface area contributed by atoms with E-state index in [9.17, 15) is 4.79 Å². The zero-order valence-electron chi connectivity index (χ0n) is 12.7. The number of hydrogen-bond donors (Lipinski definition) is 2. The van der Waals surface area contributed by atoms with Crippen LogP contribution in [0.1, 0.15) is 23.6 Å². The molecule has 1 aromatic heterocycles. The second kappa shape index (κ2) is 6.99. The van der Waals surface area contributed by atoms with Crippen molar-refractivity contribution in [2.24, 2.45) is 0 Å². The highest BCUT2D eigenvalue weighted by atomic mass is 16.2. The molecule has 0 aliphatic heterocycles. The zero-order valence-corrected chi connectivity index (χ0v) is 12.7. The van der Waals surface area contributed by atoms with Crippen molar-refractivity contribution in [1.29, 1.82) is 0 Å². The van der Waals surface area contributed by atoms with E-state index in [0.717, 1.165) is 11.3 Å². The second-order valence-corrected chi connectivity index (χ2v) is 5.26. The van der Waals surface area contributed by atoms with E-state index in [1.807, 2.05) is 57.3 Å². The van der Waals surface area contributed by atoms with Gasteiger partial charge in [-0.15, -0.1) is 0 Å². The fourth-order valence-electron chi connectivity index (χ4n) is 1.92. The van der Waals surface area contributed by atoms with Crippen molar-refractivity contribution in [2.75, 3.05) is 5.32 Å². The average Bonchev–Trinajstić information content (AvgIpc) is 2.48. The molecule has 0 fully saturated rings. The van der Waals surface area contributed by atoms with Crippen molar-refractivity contribution in [1.82, 2.24) is 10.3 Å². The highest BCUT2D eigenvalue weighted by Gasteiger charge is 2.12. The van der Waals surface area contributed by atoms with Crippen molar-refractivity contribution in [3.63, 3.8) is 0 Å². The topological polar surface area (TPSA) is 54.0 Å². The van der Waals surface area contributed by atoms with Gasteiger partial charge in [-0.3, -0.25) is 9.78 Å². The van der Waals surface area contributed by atoms with Crippen LogP contribution in [0.15, 0.2) is 42.7 Å². The Morgan fingerprint density at radius 2 is 1.90 bits per heavy atom. The molecule has 1 atom stereocenters. The highest BCUT2D eigenvalue weighted by molar-refractivity contribution is 5.94. The maximum Gasteiger partial charge on any atom is 0.241 e. The van der Waals surface area contributed by atoms with Gasteiger partial charge in [-0.05, 0) is 50.1 Å². The van der Waals surface area contributed by atoms with Crippen molar-refractivity contribution >= 4 is 11.6 Å². The third kappa shape index (κ3) is 4.39. The second-order valence-electron chi connectivity index (χ2n) is 5.26. The quantitative estimate of drug-likeness (QED) is 0.887. The molecule has 0 bridgehead atoms. The molecule has 0 saturated heterocycles. The average molecular weight is 283 g/mol. The summed E-state index contributed by atoms with van der Waals surface area (Å²) < 4.78 is 0. The molecule has 2 rings (SSSR count). The molecule has 4 heteroatoms. The van der Waals surface area contributed by atoms with Gasteiger partial charge in [-0.1, -0.05) is 17.7 Å². The summed E-state index contributed by atoms with van der Waals surface area (Å²) in [7, 11) is 0. The summed E-state index contributed by atoms with van der Waals surface area (Å²) in [6.45, 7) is 6.54. The highest BCUT2D eigenvalue weighted by Crippen LogP contribution is 2.09. The molecule has 21 heavy (non-hydrogen) atoms. The van der Waals surface area contributed by atoms with Gasteiger partial charge in [0.25, 0.3) is 0 Å². The van der Waals surface area contributed by atoms with Crippen LogP contribution in [-0.2, 0) is 11.3 Å². The lowest BCUT2D eigenvalue weighted by Crippen LogP contribution is -2.37. The van der Waals surface area contributed by atoms with Crippen molar-refractivity contribution < 1.29 is 4.79 Å². The largest absolute Gasteiger partial charge is 0.325 e. The first-order valence-electron chi connectivity index (χ1n) is 7.06. The number of benzene rings is 1. The molecule has 2 aromatic rings. The van der Waals surface area contributed by atoms with Gasteiger partial charge in [-0.25, -0.2) is 0 Å². The number of nitrogens with one attached hydrogen (secondary N) is 2. The van der Waals surface area contributed by atoms with Gasteiger partial charge >= 0.3 is 0 Å². The molecule has 0 radical (unpaired) electrons. The van der Waals surface area contributed by atoms with Crippen molar-refractivity contribution in [2.45, 2.75) is 33.4 Å². The predicted octanol–water partition coefficient (Wildman–Crippen LogP) is 2.82. The number of hydrogen-bond acceptors (Lipinski definition) is 3. The number of pyridine rings is 1. The van der Waals surface area contributed by atoms with Gasteiger partial charge < -0.3 is 10.6 Å². The lowest BCUT2D eigenvalue weighted by Gasteiger charge is -2.15. The van der Waals surface area contributed by atoms with Crippen LogP contribution in [0.5, 0.6) is 0 Å². The monoisotopic (exact) mass is 283 g/mol. The Labute approximate surface area is 125 Å². The summed E-state index contributed by atoms with van der Waals surface area (Å²) >= 11 is 0. The molecule has 1 aromatic carbocycles. The summed E-state index contributed by atoms with van der Waals surface area (Å²) in [5.41, 5.74) is 4.26. The first-order chi connectivity index (χ1) is 10.1. The maximum atomic E-state index is 12.1. The Morgan fingerprint density at radius 3 is 2.57 bits per heavy atom. The molecular weight excluding hydrogens is 262 g/mol. The molecule has 0 aliphatic carbocycles. The SMILES string of the molecule is Cc1ccc(NC(=O)C(C)NCc2cnccc2C)cc1. The van der Waals surface area contributed by atoms with E-state index in [-0.39, 0.29) is 11.9 Å². The number of amides is 1. The summed E-state index contributed by atoms with van der Waals surface area (Å²) in [5.74, 6) is -0.0413. The van der Waals surface area contributed by atoms with E-state index in [1.165, 1.54) is 11.1 Å². The molecule has 110 valence electrons. The van der Waals surface area contributed by atoms with E-state index in [0.29, 0.717) is 6.54 Å². The Kier molecular flexibility index (Phi) is 5.06. The van der Waals surface area contributed by atoms with Gasteiger partial charge in [0.1, 0.15) is 0 Å². The molecule has 1 amide bonds. The van der Waals surface area contributed by atoms with Crippen LogP contribution in [0.3, 0.4) is 0 Å². The first-order valence-corrected chi connectivity index (χ1v) is 7.06. The summed E-state index contributed by atoms with van der Waals surface area (Å²) in [4.78, 5) is 16.2. The predicted molar refractivity (Wildman–Crippen MR) is 85.1 cm³/mol. The first kappa shape index (κ1) is 15.2. The molecule has 1 heterocycles. The molecule has 0 aliphatic rings. The van der Waals surface area contributed by atoms with Gasteiger partial charge in [0.2, 0.25) is 5.91 Å². The Balaban J connectivity index is 1.88.